The Morgan fingerprint density at radius 2 is 2.12 bits per heavy atom. The van der Waals surface area contributed by atoms with Crippen LogP contribution in [0.3, 0.4) is 0 Å². The topological polar surface area (TPSA) is 38.9 Å². The van der Waals surface area contributed by atoms with Crippen molar-refractivity contribution in [1.82, 2.24) is 9.97 Å². The molecule has 0 saturated heterocycles. The minimum absolute atomic E-state index is 0.419. The molecule has 0 radical (unpaired) electrons. The summed E-state index contributed by atoms with van der Waals surface area (Å²) < 4.78 is 6.19. The van der Waals surface area contributed by atoms with E-state index in [-0.39, 0.29) is 0 Å². The number of hydrogen-bond donors (Lipinski definition) is 0. The fourth-order valence-electron chi connectivity index (χ4n) is 1.46. The molecule has 3 aromatic heterocycles. The number of furan rings is 1. The maximum atomic E-state index is 6.04. The highest BCUT2D eigenvalue weighted by Gasteiger charge is 2.18. The molecule has 0 aliphatic carbocycles. The van der Waals surface area contributed by atoms with E-state index in [1.54, 1.807) is 6.07 Å². The number of aromatic nitrogens is 2. The zero-order chi connectivity index (χ0) is 12.0. The van der Waals surface area contributed by atoms with Crippen molar-refractivity contribution in [3.05, 3.63) is 33.3 Å². The minimum Gasteiger partial charge on any atom is -0.462 e. The SMILES string of the molecule is Clc1coc(-c2sc3ncnc(Cl)c3c2Br)c1. The molecule has 0 spiro atoms. The second-order valence-electron chi connectivity index (χ2n) is 3.22. The van der Waals surface area contributed by atoms with E-state index < -0.39 is 0 Å². The van der Waals surface area contributed by atoms with Gasteiger partial charge in [-0.05, 0) is 15.9 Å². The molecule has 0 aliphatic rings. The van der Waals surface area contributed by atoms with Gasteiger partial charge in [0.1, 0.15) is 28.3 Å². The van der Waals surface area contributed by atoms with Crippen LogP contribution in [0.1, 0.15) is 0 Å². The first-order chi connectivity index (χ1) is 8.16. The number of nitrogens with zero attached hydrogens (tertiary/aromatic N) is 2. The van der Waals surface area contributed by atoms with E-state index in [1.807, 2.05) is 0 Å². The Balaban J connectivity index is 2.32. The Morgan fingerprint density at radius 1 is 1.29 bits per heavy atom. The summed E-state index contributed by atoms with van der Waals surface area (Å²) in [5.74, 6) is 0.681. The second-order valence-corrected chi connectivity index (χ2v) is 5.81. The van der Waals surface area contributed by atoms with Crippen LogP contribution in [-0.2, 0) is 0 Å². The molecule has 0 fully saturated rings. The molecule has 86 valence electrons. The molecule has 0 saturated carbocycles. The molecule has 3 heterocycles. The first-order valence-corrected chi connectivity index (χ1v) is 6.86. The van der Waals surface area contributed by atoms with Crippen LogP contribution in [0.2, 0.25) is 10.2 Å². The van der Waals surface area contributed by atoms with Gasteiger partial charge >= 0.3 is 0 Å². The van der Waals surface area contributed by atoms with Crippen LogP contribution < -0.4 is 0 Å². The lowest BCUT2D eigenvalue weighted by Gasteiger charge is -1.93. The zero-order valence-corrected chi connectivity index (χ0v) is 12.0. The highest BCUT2D eigenvalue weighted by Crippen LogP contribution is 2.44. The van der Waals surface area contributed by atoms with Crippen molar-refractivity contribution in [2.24, 2.45) is 0 Å². The van der Waals surface area contributed by atoms with Crippen molar-refractivity contribution in [3.8, 4) is 10.6 Å². The maximum Gasteiger partial charge on any atom is 0.146 e. The van der Waals surface area contributed by atoms with Gasteiger partial charge in [-0.15, -0.1) is 11.3 Å². The van der Waals surface area contributed by atoms with E-state index in [2.05, 4.69) is 25.9 Å². The fourth-order valence-corrected chi connectivity index (χ4v) is 3.94. The highest BCUT2D eigenvalue weighted by atomic mass is 79.9. The van der Waals surface area contributed by atoms with E-state index in [4.69, 9.17) is 27.6 Å². The molecule has 3 aromatic rings. The molecule has 0 aromatic carbocycles. The zero-order valence-electron chi connectivity index (χ0n) is 8.08. The Hall–Kier alpha value is -0.620. The smallest absolute Gasteiger partial charge is 0.146 e. The van der Waals surface area contributed by atoms with Gasteiger partial charge in [-0.2, -0.15) is 0 Å². The minimum atomic E-state index is 0.419. The average molecular weight is 350 g/mol. The first kappa shape index (κ1) is 11.5. The number of halogens is 3. The lowest BCUT2D eigenvalue weighted by molar-refractivity contribution is 0.583. The summed E-state index contributed by atoms with van der Waals surface area (Å²) in [4.78, 5) is 9.83. The Kier molecular flexibility index (Phi) is 2.86. The number of rotatable bonds is 1. The third kappa shape index (κ3) is 1.87. The third-order valence-electron chi connectivity index (χ3n) is 2.18. The van der Waals surface area contributed by atoms with E-state index in [1.165, 1.54) is 23.9 Å². The lowest BCUT2D eigenvalue weighted by atomic mass is 10.3. The molecule has 0 unspecified atom stereocenters. The van der Waals surface area contributed by atoms with Gasteiger partial charge < -0.3 is 4.42 Å². The molecule has 0 bridgehead atoms. The number of hydrogen-bond acceptors (Lipinski definition) is 4. The molecule has 0 N–H and O–H groups in total. The predicted octanol–water partition coefficient (Wildman–Crippen LogP) is 5.02. The Bertz CT molecular complexity index is 709. The Morgan fingerprint density at radius 3 is 2.76 bits per heavy atom. The van der Waals surface area contributed by atoms with Crippen molar-refractivity contribution in [2.45, 2.75) is 0 Å². The highest BCUT2D eigenvalue weighted by molar-refractivity contribution is 9.10. The Labute approximate surface area is 119 Å². The third-order valence-corrected chi connectivity index (χ3v) is 4.83. The van der Waals surface area contributed by atoms with Crippen molar-refractivity contribution in [2.75, 3.05) is 0 Å². The molecular formula is C10H3BrCl2N2OS. The number of thiophene rings is 1. The van der Waals surface area contributed by atoms with E-state index in [0.29, 0.717) is 15.9 Å². The first-order valence-electron chi connectivity index (χ1n) is 4.49. The van der Waals surface area contributed by atoms with Crippen molar-refractivity contribution < 1.29 is 4.42 Å². The average Bonchev–Trinajstić information content (AvgIpc) is 2.84. The summed E-state index contributed by atoms with van der Waals surface area (Å²) in [6.07, 6.45) is 2.92. The van der Waals surface area contributed by atoms with E-state index in [0.717, 1.165) is 19.6 Å². The van der Waals surface area contributed by atoms with Crippen LogP contribution in [0.15, 0.2) is 27.5 Å². The van der Waals surface area contributed by atoms with Gasteiger partial charge in [0.25, 0.3) is 0 Å². The summed E-state index contributed by atoms with van der Waals surface area (Å²) >= 11 is 16.8. The summed E-state index contributed by atoms with van der Waals surface area (Å²) in [5, 5.41) is 1.77. The van der Waals surface area contributed by atoms with E-state index in [9.17, 15) is 0 Å². The largest absolute Gasteiger partial charge is 0.462 e. The van der Waals surface area contributed by atoms with Gasteiger partial charge in [-0.25, -0.2) is 9.97 Å². The lowest BCUT2D eigenvalue weighted by Crippen LogP contribution is -1.78. The van der Waals surface area contributed by atoms with Crippen LogP contribution in [0.5, 0.6) is 0 Å². The molecule has 0 aliphatic heterocycles. The van der Waals surface area contributed by atoms with Gasteiger partial charge in [-0.3, -0.25) is 0 Å². The molecule has 17 heavy (non-hydrogen) atoms. The van der Waals surface area contributed by atoms with Crippen LogP contribution >= 0.6 is 50.5 Å². The standard InChI is InChI=1S/C10H3BrCl2N2OS/c11-7-6-9(13)14-3-15-10(6)17-8(7)5-1-4(12)2-16-5/h1-3H. The van der Waals surface area contributed by atoms with Crippen LogP contribution in [0.4, 0.5) is 0 Å². The second kappa shape index (κ2) is 4.24. The van der Waals surface area contributed by atoms with Crippen LogP contribution in [-0.4, -0.2) is 9.97 Å². The quantitative estimate of drug-likeness (QED) is 0.579. The molecular weight excluding hydrogens is 347 g/mol. The van der Waals surface area contributed by atoms with Gasteiger partial charge in [0.15, 0.2) is 0 Å². The van der Waals surface area contributed by atoms with Crippen LogP contribution in [0, 0.1) is 0 Å². The molecule has 0 atom stereocenters. The summed E-state index contributed by atoms with van der Waals surface area (Å²) in [6, 6.07) is 1.75. The van der Waals surface area contributed by atoms with Gasteiger partial charge in [0.05, 0.1) is 19.8 Å². The molecule has 7 heteroatoms. The monoisotopic (exact) mass is 348 g/mol. The van der Waals surface area contributed by atoms with Crippen molar-refractivity contribution >= 4 is 60.7 Å². The van der Waals surface area contributed by atoms with Gasteiger partial charge in [0, 0.05) is 6.07 Å². The molecule has 3 rings (SSSR count). The van der Waals surface area contributed by atoms with Crippen molar-refractivity contribution in [1.29, 1.82) is 0 Å². The van der Waals surface area contributed by atoms with Gasteiger partial charge in [-0.1, -0.05) is 23.2 Å². The molecule has 0 amide bonds. The summed E-state index contributed by atoms with van der Waals surface area (Å²) in [7, 11) is 0. The van der Waals surface area contributed by atoms with Crippen molar-refractivity contribution in [3.63, 3.8) is 0 Å². The van der Waals surface area contributed by atoms with E-state index >= 15 is 0 Å². The fraction of sp³-hybridized carbons (Fsp3) is 0. The molecule has 3 nitrogen and oxygen atoms in total. The van der Waals surface area contributed by atoms with Crippen LogP contribution in [0.25, 0.3) is 20.9 Å². The van der Waals surface area contributed by atoms with Gasteiger partial charge in [0.2, 0.25) is 0 Å². The normalized spacial score (nSPS) is 11.2. The summed E-state index contributed by atoms with van der Waals surface area (Å²) in [6.45, 7) is 0. The maximum absolute atomic E-state index is 6.04. The number of fused-ring (bicyclic) bond motifs is 1. The predicted molar refractivity (Wildman–Crippen MR) is 72.8 cm³/mol. The summed E-state index contributed by atoms with van der Waals surface area (Å²) in [5.41, 5.74) is 0.